The minimum Gasteiger partial charge on any atom is -0.465 e. The molecule has 1 aliphatic rings. The predicted octanol–water partition coefficient (Wildman–Crippen LogP) is -0.897. The van der Waals surface area contributed by atoms with Gasteiger partial charge in [0.1, 0.15) is 6.54 Å². The van der Waals surface area contributed by atoms with Crippen LogP contribution >= 0.6 is 0 Å². The molecule has 1 aromatic rings. The average molecular weight is 252 g/mol. The molecule has 18 heavy (non-hydrogen) atoms. The number of aromatic amines is 1. The van der Waals surface area contributed by atoms with Gasteiger partial charge in [0.25, 0.3) is 0 Å². The first-order valence-electron chi connectivity index (χ1n) is 5.88. The molecule has 98 valence electrons. The Labute approximate surface area is 104 Å². The minimum atomic E-state index is -0.429. The van der Waals surface area contributed by atoms with E-state index in [1.165, 1.54) is 0 Å². The third kappa shape index (κ3) is 2.86. The quantitative estimate of drug-likeness (QED) is 0.604. The number of aromatic nitrogens is 2. The van der Waals surface area contributed by atoms with Gasteiger partial charge in [0.15, 0.2) is 0 Å². The summed E-state index contributed by atoms with van der Waals surface area (Å²) in [5.74, 6) is -0.640. The Hall–Kier alpha value is -1.89. The molecule has 0 radical (unpaired) electrons. The third-order valence-corrected chi connectivity index (χ3v) is 2.76. The molecule has 1 aliphatic heterocycles. The lowest BCUT2D eigenvalue weighted by Crippen LogP contribution is -2.48. The maximum Gasteiger partial charge on any atom is 0.325 e. The van der Waals surface area contributed by atoms with Gasteiger partial charge in [-0.15, -0.1) is 0 Å². The largest absolute Gasteiger partial charge is 0.465 e. The van der Waals surface area contributed by atoms with E-state index in [4.69, 9.17) is 4.74 Å². The number of carbonyl (C=O) groups excluding carboxylic acids is 2. The molecule has 0 saturated carbocycles. The van der Waals surface area contributed by atoms with Crippen LogP contribution in [0.1, 0.15) is 18.3 Å². The molecule has 0 aromatic carbocycles. The van der Waals surface area contributed by atoms with Crippen molar-refractivity contribution in [1.29, 1.82) is 0 Å². The van der Waals surface area contributed by atoms with Crippen molar-refractivity contribution < 1.29 is 14.3 Å². The molecule has 1 atom stereocenters. The Morgan fingerprint density at radius 3 is 3.22 bits per heavy atom. The van der Waals surface area contributed by atoms with Crippen LogP contribution in [0.15, 0.2) is 6.33 Å². The molecule has 0 aliphatic carbocycles. The normalized spacial score (nSPS) is 17.9. The van der Waals surface area contributed by atoms with E-state index in [0.29, 0.717) is 19.6 Å². The summed E-state index contributed by atoms with van der Waals surface area (Å²) in [6.45, 7) is 2.51. The highest BCUT2D eigenvalue weighted by Crippen LogP contribution is 2.11. The number of ether oxygens (including phenoxy) is 1. The van der Waals surface area contributed by atoms with E-state index < -0.39 is 5.97 Å². The summed E-state index contributed by atoms with van der Waals surface area (Å²) in [7, 11) is 0. The third-order valence-electron chi connectivity index (χ3n) is 2.76. The van der Waals surface area contributed by atoms with Gasteiger partial charge in [-0.3, -0.25) is 14.9 Å². The van der Waals surface area contributed by atoms with E-state index in [1.807, 2.05) is 0 Å². The summed E-state index contributed by atoms with van der Waals surface area (Å²) in [6.07, 6.45) is 2.14. The molecule has 2 heterocycles. The Morgan fingerprint density at radius 1 is 1.61 bits per heavy atom. The molecular weight excluding hydrogens is 236 g/mol. The van der Waals surface area contributed by atoms with Gasteiger partial charge in [-0.25, -0.2) is 4.98 Å². The maximum atomic E-state index is 11.8. The van der Waals surface area contributed by atoms with E-state index in [0.717, 1.165) is 11.4 Å². The molecule has 7 heteroatoms. The van der Waals surface area contributed by atoms with Crippen LogP contribution in [0.25, 0.3) is 0 Å². The van der Waals surface area contributed by atoms with Gasteiger partial charge in [-0.2, -0.15) is 0 Å². The molecule has 0 spiro atoms. The van der Waals surface area contributed by atoms with Gasteiger partial charge >= 0.3 is 5.97 Å². The number of H-pyrrole nitrogens is 1. The molecule has 2 rings (SSSR count). The second-order valence-corrected chi connectivity index (χ2v) is 3.99. The van der Waals surface area contributed by atoms with Gasteiger partial charge in [-0.1, -0.05) is 0 Å². The van der Waals surface area contributed by atoms with Crippen LogP contribution in [-0.2, 0) is 27.3 Å². The zero-order valence-electron chi connectivity index (χ0n) is 10.2. The van der Waals surface area contributed by atoms with Crippen LogP contribution in [0.5, 0.6) is 0 Å². The standard InChI is InChI=1S/C11H16N4O3/c1-2-18-10(16)5-13-11(17)8-3-7-9(4-12-8)15-6-14-7/h6,8,12H,2-5H2,1H3,(H,13,17)(H,14,15). The van der Waals surface area contributed by atoms with E-state index >= 15 is 0 Å². The number of nitrogens with zero attached hydrogens (tertiary/aromatic N) is 1. The van der Waals surface area contributed by atoms with Gasteiger partial charge in [-0.05, 0) is 6.92 Å². The number of fused-ring (bicyclic) bond motifs is 1. The SMILES string of the molecule is CCOC(=O)CNC(=O)C1Cc2nc[nH]c2CN1. The zero-order chi connectivity index (χ0) is 13.0. The van der Waals surface area contributed by atoms with Crippen molar-refractivity contribution in [2.75, 3.05) is 13.2 Å². The van der Waals surface area contributed by atoms with Crippen molar-refractivity contribution in [3.8, 4) is 0 Å². The summed E-state index contributed by atoms with van der Waals surface area (Å²) in [4.78, 5) is 30.1. The number of rotatable bonds is 4. The van der Waals surface area contributed by atoms with Crippen molar-refractivity contribution in [2.24, 2.45) is 0 Å². The fourth-order valence-corrected chi connectivity index (χ4v) is 1.85. The molecule has 1 amide bonds. The monoisotopic (exact) mass is 252 g/mol. The lowest BCUT2D eigenvalue weighted by molar-refractivity contribution is -0.143. The Morgan fingerprint density at radius 2 is 2.44 bits per heavy atom. The second-order valence-electron chi connectivity index (χ2n) is 3.99. The summed E-state index contributed by atoms with van der Waals surface area (Å²) in [5, 5.41) is 5.63. The Bertz CT molecular complexity index is 443. The number of hydrogen-bond acceptors (Lipinski definition) is 5. The van der Waals surface area contributed by atoms with Crippen LogP contribution in [0.2, 0.25) is 0 Å². The smallest absolute Gasteiger partial charge is 0.325 e. The van der Waals surface area contributed by atoms with E-state index in [1.54, 1.807) is 13.3 Å². The number of carbonyl (C=O) groups is 2. The number of hydrogen-bond donors (Lipinski definition) is 3. The highest BCUT2D eigenvalue weighted by molar-refractivity contribution is 5.86. The van der Waals surface area contributed by atoms with Gasteiger partial charge < -0.3 is 15.0 Å². The molecule has 7 nitrogen and oxygen atoms in total. The first-order valence-corrected chi connectivity index (χ1v) is 5.88. The van der Waals surface area contributed by atoms with Crippen LogP contribution in [-0.4, -0.2) is 41.0 Å². The number of esters is 1. The molecule has 3 N–H and O–H groups in total. The molecule has 0 fully saturated rings. The van der Waals surface area contributed by atoms with Crippen molar-refractivity contribution in [3.05, 3.63) is 17.7 Å². The van der Waals surface area contributed by atoms with Crippen molar-refractivity contribution in [1.82, 2.24) is 20.6 Å². The van der Waals surface area contributed by atoms with Crippen LogP contribution in [0.3, 0.4) is 0 Å². The van der Waals surface area contributed by atoms with Crippen molar-refractivity contribution >= 4 is 11.9 Å². The van der Waals surface area contributed by atoms with E-state index in [-0.39, 0.29) is 18.5 Å². The number of imidazole rings is 1. The summed E-state index contributed by atoms with van der Waals surface area (Å²) >= 11 is 0. The zero-order valence-corrected chi connectivity index (χ0v) is 10.2. The molecular formula is C11H16N4O3. The predicted molar refractivity (Wildman–Crippen MR) is 62.6 cm³/mol. The molecule has 0 saturated heterocycles. The highest BCUT2D eigenvalue weighted by atomic mass is 16.5. The fraction of sp³-hybridized carbons (Fsp3) is 0.545. The lowest BCUT2D eigenvalue weighted by atomic mass is 10.0. The van der Waals surface area contributed by atoms with Gasteiger partial charge in [0, 0.05) is 13.0 Å². The summed E-state index contributed by atoms with van der Waals surface area (Å²) in [5.41, 5.74) is 1.90. The Balaban J connectivity index is 1.82. The fourth-order valence-electron chi connectivity index (χ4n) is 1.85. The minimum absolute atomic E-state index is 0.0989. The Kier molecular flexibility index (Phi) is 3.93. The summed E-state index contributed by atoms with van der Waals surface area (Å²) < 4.78 is 4.73. The lowest BCUT2D eigenvalue weighted by Gasteiger charge is -2.21. The molecule has 0 bridgehead atoms. The van der Waals surface area contributed by atoms with Gasteiger partial charge in [0.05, 0.1) is 30.4 Å². The maximum absolute atomic E-state index is 11.8. The van der Waals surface area contributed by atoms with Crippen LogP contribution < -0.4 is 10.6 Å². The average Bonchev–Trinajstić information content (AvgIpc) is 2.83. The first-order chi connectivity index (χ1) is 8.70. The van der Waals surface area contributed by atoms with Crippen molar-refractivity contribution in [3.63, 3.8) is 0 Å². The van der Waals surface area contributed by atoms with E-state index in [2.05, 4.69) is 20.6 Å². The highest BCUT2D eigenvalue weighted by Gasteiger charge is 2.25. The number of nitrogens with one attached hydrogen (secondary N) is 3. The van der Waals surface area contributed by atoms with Gasteiger partial charge in [0.2, 0.25) is 5.91 Å². The molecule has 1 unspecified atom stereocenters. The summed E-state index contributed by atoms with van der Waals surface area (Å²) in [6, 6.07) is -0.352. The van der Waals surface area contributed by atoms with Crippen LogP contribution in [0.4, 0.5) is 0 Å². The topological polar surface area (TPSA) is 96.1 Å². The number of amides is 1. The van der Waals surface area contributed by atoms with E-state index in [9.17, 15) is 9.59 Å². The van der Waals surface area contributed by atoms with Crippen molar-refractivity contribution in [2.45, 2.75) is 25.9 Å². The second kappa shape index (κ2) is 5.63. The van der Waals surface area contributed by atoms with Crippen LogP contribution in [0, 0.1) is 0 Å². The molecule has 1 aromatic heterocycles. The first kappa shape index (κ1) is 12.6.